The Bertz CT molecular complexity index is 515. The minimum Gasteiger partial charge on any atom is -0.480 e. The second-order valence-corrected chi connectivity index (χ2v) is 5.73. The lowest BCUT2D eigenvalue weighted by Crippen LogP contribution is -2.43. The Balaban J connectivity index is 1.76. The van der Waals surface area contributed by atoms with Gasteiger partial charge < -0.3 is 10.4 Å². The second-order valence-electron chi connectivity index (χ2n) is 5.73. The fraction of sp³-hybridized carbons (Fsp3) is 0.500. The van der Waals surface area contributed by atoms with Crippen LogP contribution in [0.3, 0.4) is 0 Å². The first kappa shape index (κ1) is 16.4. The van der Waals surface area contributed by atoms with E-state index in [-0.39, 0.29) is 12.3 Å². The number of nitrogens with one attached hydrogen (secondary N) is 1. The van der Waals surface area contributed by atoms with Crippen molar-refractivity contribution < 1.29 is 23.5 Å². The van der Waals surface area contributed by atoms with Crippen LogP contribution in [0.1, 0.15) is 37.2 Å². The van der Waals surface area contributed by atoms with Crippen molar-refractivity contribution in [3.8, 4) is 0 Å². The summed E-state index contributed by atoms with van der Waals surface area (Å²) < 4.78 is 24.5. The van der Waals surface area contributed by atoms with E-state index in [9.17, 15) is 18.4 Å². The molecule has 0 heterocycles. The van der Waals surface area contributed by atoms with Gasteiger partial charge in [0.25, 0.3) is 0 Å². The molecule has 0 aromatic heterocycles. The number of rotatable bonds is 7. The average molecular weight is 311 g/mol. The number of alkyl halides is 2. The van der Waals surface area contributed by atoms with Crippen LogP contribution in [0.2, 0.25) is 0 Å². The van der Waals surface area contributed by atoms with Crippen molar-refractivity contribution in [2.24, 2.45) is 5.92 Å². The maximum Gasteiger partial charge on any atom is 0.326 e. The Morgan fingerprint density at radius 3 is 2.41 bits per heavy atom. The summed E-state index contributed by atoms with van der Waals surface area (Å²) >= 11 is 0. The summed E-state index contributed by atoms with van der Waals surface area (Å²) in [6.07, 6.45) is -1.70. The third-order valence-corrected chi connectivity index (χ3v) is 4.03. The normalized spacial score (nSPS) is 22.0. The van der Waals surface area contributed by atoms with Crippen molar-refractivity contribution >= 4 is 11.9 Å². The van der Waals surface area contributed by atoms with E-state index < -0.39 is 30.8 Å². The highest BCUT2D eigenvalue weighted by Crippen LogP contribution is 2.43. The monoisotopic (exact) mass is 311 g/mol. The molecule has 120 valence electrons. The lowest BCUT2D eigenvalue weighted by atomic mass is 9.70. The Labute approximate surface area is 127 Å². The molecule has 0 radical (unpaired) electrons. The van der Waals surface area contributed by atoms with E-state index in [1.807, 2.05) is 30.3 Å². The molecule has 1 fully saturated rings. The highest BCUT2D eigenvalue weighted by Gasteiger charge is 2.32. The van der Waals surface area contributed by atoms with Gasteiger partial charge in [-0.15, -0.1) is 0 Å². The number of hydrogen-bond acceptors (Lipinski definition) is 2. The van der Waals surface area contributed by atoms with Gasteiger partial charge in [-0.05, 0) is 30.2 Å². The molecule has 1 aromatic rings. The molecular formula is C16H19F2NO3. The van der Waals surface area contributed by atoms with Gasteiger partial charge in [-0.2, -0.15) is 0 Å². The van der Waals surface area contributed by atoms with Crippen LogP contribution >= 0.6 is 0 Å². The number of aliphatic carboxylic acids is 1. The summed E-state index contributed by atoms with van der Waals surface area (Å²) in [5.74, 6) is -1.28. The maximum absolute atomic E-state index is 12.3. The van der Waals surface area contributed by atoms with E-state index in [0.29, 0.717) is 5.92 Å². The van der Waals surface area contributed by atoms with E-state index in [0.717, 1.165) is 12.8 Å². The number of carbonyl (C=O) groups excluding carboxylic acids is 1. The molecule has 1 unspecified atom stereocenters. The Morgan fingerprint density at radius 1 is 1.23 bits per heavy atom. The van der Waals surface area contributed by atoms with Crippen LogP contribution in [-0.4, -0.2) is 29.5 Å². The summed E-state index contributed by atoms with van der Waals surface area (Å²) in [4.78, 5) is 22.6. The molecule has 0 aliphatic heterocycles. The first-order chi connectivity index (χ1) is 10.5. The minimum absolute atomic E-state index is 0.186. The Morgan fingerprint density at radius 2 is 1.86 bits per heavy atom. The molecule has 6 heteroatoms. The molecule has 2 N–H and O–H groups in total. The number of carboxylic acid groups (broad SMARTS) is 1. The predicted molar refractivity (Wildman–Crippen MR) is 76.7 cm³/mol. The van der Waals surface area contributed by atoms with E-state index in [1.54, 1.807) is 0 Å². The van der Waals surface area contributed by atoms with Crippen molar-refractivity contribution in [3.63, 3.8) is 0 Å². The molecule has 1 amide bonds. The van der Waals surface area contributed by atoms with E-state index in [4.69, 9.17) is 5.11 Å². The van der Waals surface area contributed by atoms with Crippen LogP contribution in [0, 0.1) is 5.92 Å². The second kappa shape index (κ2) is 7.33. The zero-order valence-corrected chi connectivity index (χ0v) is 12.0. The number of carboxylic acids is 1. The number of halogens is 2. The molecule has 0 saturated heterocycles. The number of benzene rings is 1. The van der Waals surface area contributed by atoms with Gasteiger partial charge in [0, 0.05) is 12.8 Å². The quantitative estimate of drug-likeness (QED) is 0.814. The van der Waals surface area contributed by atoms with Gasteiger partial charge in [0.1, 0.15) is 6.04 Å². The summed E-state index contributed by atoms with van der Waals surface area (Å²) in [5.41, 5.74) is 1.24. The first-order valence-corrected chi connectivity index (χ1v) is 7.31. The van der Waals surface area contributed by atoms with Gasteiger partial charge in [-0.1, -0.05) is 30.3 Å². The van der Waals surface area contributed by atoms with Crippen LogP contribution in [0.4, 0.5) is 8.78 Å². The average Bonchev–Trinajstić information content (AvgIpc) is 2.42. The topological polar surface area (TPSA) is 66.4 Å². The zero-order chi connectivity index (χ0) is 16.1. The Hall–Kier alpha value is -1.98. The van der Waals surface area contributed by atoms with Crippen molar-refractivity contribution in [2.45, 2.75) is 44.1 Å². The molecule has 4 nitrogen and oxygen atoms in total. The molecule has 0 bridgehead atoms. The Kier molecular flexibility index (Phi) is 5.46. The van der Waals surface area contributed by atoms with Crippen molar-refractivity contribution in [2.75, 3.05) is 0 Å². The molecule has 1 aliphatic carbocycles. The van der Waals surface area contributed by atoms with E-state index in [1.165, 1.54) is 5.56 Å². The first-order valence-electron chi connectivity index (χ1n) is 7.31. The van der Waals surface area contributed by atoms with E-state index >= 15 is 0 Å². The van der Waals surface area contributed by atoms with Crippen molar-refractivity contribution in [1.82, 2.24) is 5.32 Å². The molecule has 1 aliphatic rings. The molecule has 1 saturated carbocycles. The number of amides is 1. The zero-order valence-electron chi connectivity index (χ0n) is 12.0. The van der Waals surface area contributed by atoms with Crippen LogP contribution < -0.4 is 5.32 Å². The van der Waals surface area contributed by atoms with Crippen molar-refractivity contribution in [3.05, 3.63) is 35.9 Å². The van der Waals surface area contributed by atoms with Crippen LogP contribution in [-0.2, 0) is 9.59 Å². The van der Waals surface area contributed by atoms with Gasteiger partial charge in [0.2, 0.25) is 12.3 Å². The highest BCUT2D eigenvalue weighted by atomic mass is 19.3. The molecule has 1 aromatic carbocycles. The SMILES string of the molecule is O=C(CC1CC(c2ccccc2)C1)NC(CC(F)F)C(=O)O. The van der Waals surface area contributed by atoms with Crippen LogP contribution in [0.15, 0.2) is 30.3 Å². The molecule has 22 heavy (non-hydrogen) atoms. The minimum atomic E-state index is -2.76. The van der Waals surface area contributed by atoms with Gasteiger partial charge in [-0.25, -0.2) is 13.6 Å². The largest absolute Gasteiger partial charge is 0.480 e. The smallest absolute Gasteiger partial charge is 0.326 e. The van der Waals surface area contributed by atoms with E-state index in [2.05, 4.69) is 5.32 Å². The van der Waals surface area contributed by atoms with Gasteiger partial charge >= 0.3 is 5.97 Å². The van der Waals surface area contributed by atoms with Crippen molar-refractivity contribution in [1.29, 1.82) is 0 Å². The number of hydrogen-bond donors (Lipinski definition) is 2. The van der Waals surface area contributed by atoms with Crippen LogP contribution in [0.5, 0.6) is 0 Å². The van der Waals surface area contributed by atoms with Crippen LogP contribution in [0.25, 0.3) is 0 Å². The summed E-state index contributed by atoms with van der Waals surface area (Å²) in [6.45, 7) is 0. The fourth-order valence-corrected chi connectivity index (χ4v) is 2.81. The highest BCUT2D eigenvalue weighted by molar-refractivity contribution is 5.83. The third-order valence-electron chi connectivity index (χ3n) is 4.03. The standard InChI is InChI=1S/C16H19F2NO3/c17-14(18)9-13(16(21)22)19-15(20)8-10-6-12(7-10)11-4-2-1-3-5-11/h1-5,10,12-14H,6-9H2,(H,19,20)(H,21,22). The molecular weight excluding hydrogens is 292 g/mol. The lowest BCUT2D eigenvalue weighted by Gasteiger charge is -2.35. The predicted octanol–water partition coefficient (Wildman–Crippen LogP) is 2.79. The summed E-state index contributed by atoms with van der Waals surface area (Å²) in [6, 6.07) is 8.46. The molecule has 0 spiro atoms. The third kappa shape index (κ3) is 4.51. The lowest BCUT2D eigenvalue weighted by molar-refractivity contribution is -0.143. The van der Waals surface area contributed by atoms with Gasteiger partial charge in [-0.3, -0.25) is 4.79 Å². The molecule has 1 atom stereocenters. The number of carbonyl (C=O) groups is 2. The fourth-order valence-electron chi connectivity index (χ4n) is 2.81. The van der Waals surface area contributed by atoms with Gasteiger partial charge in [0.15, 0.2) is 0 Å². The summed E-state index contributed by atoms with van der Waals surface area (Å²) in [5, 5.41) is 11.0. The molecule has 2 rings (SSSR count). The summed E-state index contributed by atoms with van der Waals surface area (Å²) in [7, 11) is 0. The van der Waals surface area contributed by atoms with Gasteiger partial charge in [0.05, 0.1) is 0 Å². The maximum atomic E-state index is 12.3.